The second-order valence-corrected chi connectivity index (χ2v) is 6.28. The number of rotatable bonds is 2. The first kappa shape index (κ1) is 11.3. The molecule has 0 spiro atoms. The minimum atomic E-state index is -0.0567. The van der Waals surface area contributed by atoms with Crippen molar-refractivity contribution < 1.29 is 1.37 Å². The summed E-state index contributed by atoms with van der Waals surface area (Å²) in [7, 11) is 0. The van der Waals surface area contributed by atoms with Gasteiger partial charge >= 0.3 is 0 Å². The van der Waals surface area contributed by atoms with Gasteiger partial charge < -0.3 is 0 Å². The molecule has 0 N–H and O–H groups in total. The highest BCUT2D eigenvalue weighted by Gasteiger charge is 2.34. The van der Waals surface area contributed by atoms with Gasteiger partial charge in [-0.2, -0.15) is 0 Å². The first-order chi connectivity index (χ1) is 8.39. The van der Waals surface area contributed by atoms with E-state index in [0.29, 0.717) is 11.8 Å². The molecule has 1 saturated heterocycles. The van der Waals surface area contributed by atoms with Crippen LogP contribution in [0.3, 0.4) is 0 Å². The molecule has 0 radical (unpaired) electrons. The normalized spacial score (nSPS) is 31.5. The van der Waals surface area contributed by atoms with E-state index in [0.717, 1.165) is 13.0 Å². The zero-order valence-electron chi connectivity index (χ0n) is 12.5. The van der Waals surface area contributed by atoms with Gasteiger partial charge in [0.15, 0.2) is 0 Å². The summed E-state index contributed by atoms with van der Waals surface area (Å²) in [6, 6.07) is 10.7. The third-order valence-electron chi connectivity index (χ3n) is 3.79. The van der Waals surface area contributed by atoms with Gasteiger partial charge in [-0.1, -0.05) is 37.3 Å². The molecule has 1 nitrogen and oxygen atoms in total. The molecule has 3 atom stereocenters. The second kappa shape index (κ2) is 4.81. The maximum atomic E-state index is 8.37. The van der Waals surface area contributed by atoms with Crippen LogP contribution in [0.1, 0.15) is 34.6 Å². The fourth-order valence-electron chi connectivity index (χ4n) is 2.55. The molecule has 1 aliphatic rings. The van der Waals surface area contributed by atoms with Crippen LogP contribution in [0, 0.1) is 11.8 Å². The Hall–Kier alpha value is -0.820. The molecule has 1 aliphatic heterocycles. The lowest BCUT2D eigenvalue weighted by atomic mass is 9.91. The molecule has 0 aliphatic carbocycles. The maximum Gasteiger partial charge on any atom is 0.0434 e. The molecule has 1 unspecified atom stereocenters. The minimum Gasteiger partial charge on any atom is -0.298 e. The summed E-state index contributed by atoms with van der Waals surface area (Å²) in [5.41, 5.74) is 1.50. The van der Waals surface area contributed by atoms with Crippen LogP contribution in [0.5, 0.6) is 0 Å². The van der Waals surface area contributed by atoms with E-state index in [2.05, 4.69) is 62.9 Å². The lowest BCUT2D eigenvalue weighted by molar-refractivity contribution is 0.165. The lowest BCUT2D eigenvalue weighted by Crippen LogP contribution is -2.39. The largest absolute Gasteiger partial charge is 0.298 e. The maximum absolute atomic E-state index is 8.37. The average Bonchev–Trinajstić information content (AvgIpc) is 2.58. The highest BCUT2D eigenvalue weighted by Crippen LogP contribution is 2.30. The predicted octanol–water partition coefficient (Wildman–Crippen LogP) is 3.60. The number of nitrogens with zero attached hydrogens (tertiary/aromatic N) is 1. The van der Waals surface area contributed by atoms with Gasteiger partial charge in [-0.15, -0.1) is 0 Å². The zero-order chi connectivity index (χ0) is 13.3. The molecule has 1 fully saturated rings. The van der Waals surface area contributed by atoms with Gasteiger partial charge in [0, 0.05) is 20.0 Å². The highest BCUT2D eigenvalue weighted by molar-refractivity contribution is 5.16. The van der Waals surface area contributed by atoms with Gasteiger partial charge in [0.2, 0.25) is 0 Å². The van der Waals surface area contributed by atoms with Crippen molar-refractivity contribution in [3.63, 3.8) is 0 Å². The van der Waals surface area contributed by atoms with Crippen LogP contribution in [0.25, 0.3) is 0 Å². The Labute approximate surface area is 107 Å². The SMILES string of the molecule is [2H]C1[C@@H](C)[C@H](Cc2ccccc2)CN1C(C)(C)C. The van der Waals surface area contributed by atoms with Crippen molar-refractivity contribution in [2.75, 3.05) is 13.1 Å². The molecule has 1 heteroatoms. The molecule has 1 heterocycles. The molecule has 1 aromatic rings. The van der Waals surface area contributed by atoms with Crippen LogP contribution in [0.4, 0.5) is 0 Å². The Bertz CT molecular complexity index is 382. The molecule has 0 bridgehead atoms. The van der Waals surface area contributed by atoms with Crippen LogP contribution in [-0.2, 0) is 6.42 Å². The third-order valence-corrected chi connectivity index (χ3v) is 3.79. The summed E-state index contributed by atoms with van der Waals surface area (Å²) < 4.78 is 8.37. The van der Waals surface area contributed by atoms with Crippen LogP contribution in [-0.4, -0.2) is 23.5 Å². The van der Waals surface area contributed by atoms with Gasteiger partial charge in [-0.3, -0.25) is 4.90 Å². The number of hydrogen-bond donors (Lipinski definition) is 0. The first-order valence-corrected chi connectivity index (χ1v) is 6.62. The van der Waals surface area contributed by atoms with E-state index in [1.807, 2.05) is 0 Å². The monoisotopic (exact) mass is 232 g/mol. The molecular weight excluding hydrogens is 206 g/mol. The first-order valence-electron chi connectivity index (χ1n) is 7.20. The molecule has 94 valence electrons. The molecular formula is C16H25N. The second-order valence-electron chi connectivity index (χ2n) is 6.28. The topological polar surface area (TPSA) is 3.24 Å². The molecule has 0 aromatic heterocycles. The molecule has 2 rings (SSSR count). The van der Waals surface area contributed by atoms with E-state index in [1.165, 1.54) is 5.56 Å². The molecule has 0 amide bonds. The number of hydrogen-bond acceptors (Lipinski definition) is 1. The predicted molar refractivity (Wildman–Crippen MR) is 74.1 cm³/mol. The van der Waals surface area contributed by atoms with E-state index >= 15 is 0 Å². The van der Waals surface area contributed by atoms with Crippen molar-refractivity contribution in [3.8, 4) is 0 Å². The summed E-state index contributed by atoms with van der Waals surface area (Å²) in [6.07, 6.45) is 1.10. The number of benzene rings is 1. The van der Waals surface area contributed by atoms with Crippen LogP contribution in [0.2, 0.25) is 0 Å². The molecule has 17 heavy (non-hydrogen) atoms. The zero-order valence-corrected chi connectivity index (χ0v) is 11.5. The molecule has 1 aromatic carbocycles. The van der Waals surface area contributed by atoms with Gasteiger partial charge in [0.1, 0.15) is 0 Å². The minimum absolute atomic E-state index is 0.0567. The lowest BCUT2D eigenvalue weighted by Gasteiger charge is -2.31. The Balaban J connectivity index is 2.08. The third kappa shape index (κ3) is 3.10. The van der Waals surface area contributed by atoms with Crippen molar-refractivity contribution in [2.24, 2.45) is 11.8 Å². The fourth-order valence-corrected chi connectivity index (χ4v) is 2.55. The highest BCUT2D eigenvalue weighted by atomic mass is 15.2. The van der Waals surface area contributed by atoms with Crippen molar-refractivity contribution >= 4 is 0 Å². The summed E-state index contributed by atoms with van der Waals surface area (Å²) in [4.78, 5) is 2.34. The summed E-state index contributed by atoms with van der Waals surface area (Å²) >= 11 is 0. The van der Waals surface area contributed by atoms with Crippen LogP contribution >= 0.6 is 0 Å². The van der Waals surface area contributed by atoms with Crippen molar-refractivity contribution in [1.82, 2.24) is 4.90 Å². The Morgan fingerprint density at radius 1 is 1.29 bits per heavy atom. The number of likely N-dealkylation sites (tertiary alicyclic amines) is 1. The van der Waals surface area contributed by atoms with E-state index in [9.17, 15) is 0 Å². The summed E-state index contributed by atoms with van der Waals surface area (Å²) in [5, 5.41) is 0. The summed E-state index contributed by atoms with van der Waals surface area (Å²) in [6.45, 7) is 9.87. The Morgan fingerprint density at radius 3 is 2.47 bits per heavy atom. The Kier molecular flexibility index (Phi) is 3.19. The van der Waals surface area contributed by atoms with E-state index < -0.39 is 0 Å². The van der Waals surface area contributed by atoms with Crippen LogP contribution < -0.4 is 0 Å². The van der Waals surface area contributed by atoms with Crippen molar-refractivity contribution in [1.29, 1.82) is 0 Å². The van der Waals surface area contributed by atoms with Crippen LogP contribution in [0.15, 0.2) is 30.3 Å². The quantitative estimate of drug-likeness (QED) is 0.753. The van der Waals surface area contributed by atoms with Crippen molar-refractivity contribution in [3.05, 3.63) is 35.9 Å². The van der Waals surface area contributed by atoms with E-state index in [-0.39, 0.29) is 12.1 Å². The van der Waals surface area contributed by atoms with Crippen molar-refractivity contribution in [2.45, 2.75) is 39.7 Å². The smallest absolute Gasteiger partial charge is 0.0434 e. The standard InChI is InChI=1S/C16H25N/c1-13-11-17(16(2,3)4)12-15(13)10-14-8-6-5-7-9-14/h5-9,13,15H,10-12H2,1-4H3/t13-,15-/m1/s1/i11D/t11?,13-,15-. The molecule has 0 saturated carbocycles. The van der Waals surface area contributed by atoms with Gasteiger partial charge in [0.25, 0.3) is 0 Å². The van der Waals surface area contributed by atoms with E-state index in [4.69, 9.17) is 1.37 Å². The summed E-state index contributed by atoms with van der Waals surface area (Å²) in [5.74, 6) is 1.05. The Morgan fingerprint density at radius 2 is 1.94 bits per heavy atom. The average molecular weight is 232 g/mol. The van der Waals surface area contributed by atoms with E-state index in [1.54, 1.807) is 0 Å². The van der Waals surface area contributed by atoms with Gasteiger partial charge in [-0.25, -0.2) is 0 Å². The van der Waals surface area contributed by atoms with Gasteiger partial charge in [0.05, 0.1) is 0 Å². The fraction of sp³-hybridized carbons (Fsp3) is 0.625. The van der Waals surface area contributed by atoms with Gasteiger partial charge in [-0.05, 0) is 44.6 Å².